The van der Waals surface area contributed by atoms with E-state index in [1.165, 1.54) is 12.3 Å². The number of carbonyl (C=O) groups is 1. The van der Waals surface area contributed by atoms with Crippen molar-refractivity contribution in [3.63, 3.8) is 0 Å². The number of thiophene rings is 1. The van der Waals surface area contributed by atoms with Gasteiger partial charge in [0, 0.05) is 11.6 Å². The van der Waals surface area contributed by atoms with E-state index in [1.807, 2.05) is 0 Å². The maximum Gasteiger partial charge on any atom is 0.324 e. The summed E-state index contributed by atoms with van der Waals surface area (Å²) in [5.74, 6) is 0.678. The van der Waals surface area contributed by atoms with Gasteiger partial charge in [-0.15, -0.1) is 0 Å². The van der Waals surface area contributed by atoms with Crippen LogP contribution < -0.4 is 14.9 Å². The fourth-order valence-electron chi connectivity index (χ4n) is 1.77. The summed E-state index contributed by atoms with van der Waals surface area (Å²) in [6, 6.07) is 7.73. The second-order valence-corrected chi connectivity index (χ2v) is 5.29. The van der Waals surface area contributed by atoms with Crippen molar-refractivity contribution in [2.45, 2.75) is 0 Å². The third-order valence-electron chi connectivity index (χ3n) is 2.79. The molecule has 0 bridgehead atoms. The van der Waals surface area contributed by atoms with E-state index in [1.54, 1.807) is 24.3 Å². The van der Waals surface area contributed by atoms with Crippen LogP contribution in [-0.2, 0) is 0 Å². The predicted molar refractivity (Wildman–Crippen MR) is 78.6 cm³/mol. The van der Waals surface area contributed by atoms with Gasteiger partial charge >= 0.3 is 5.00 Å². The zero-order valence-corrected chi connectivity index (χ0v) is 11.8. The molecule has 2 aromatic rings. The summed E-state index contributed by atoms with van der Waals surface area (Å²) in [5.41, 5.74) is 2.72. The molecular formula is C13H9N3O5S. The molecule has 1 aliphatic rings. The molecule has 9 heteroatoms. The molecule has 0 radical (unpaired) electrons. The van der Waals surface area contributed by atoms with Crippen LogP contribution in [0.2, 0.25) is 0 Å². The Labute approximate surface area is 128 Å². The Hall–Kier alpha value is -2.94. The van der Waals surface area contributed by atoms with Gasteiger partial charge in [0.2, 0.25) is 6.79 Å². The number of hydrogen-bond donors (Lipinski definition) is 1. The second-order valence-electron chi connectivity index (χ2n) is 4.20. The molecule has 1 aliphatic heterocycles. The van der Waals surface area contributed by atoms with Crippen LogP contribution >= 0.6 is 11.3 Å². The van der Waals surface area contributed by atoms with Crippen molar-refractivity contribution in [1.29, 1.82) is 0 Å². The minimum Gasteiger partial charge on any atom is -0.454 e. The number of fused-ring (bicyclic) bond motifs is 1. The first-order valence-electron chi connectivity index (χ1n) is 6.11. The number of hydrazone groups is 1. The first kappa shape index (κ1) is 14.0. The van der Waals surface area contributed by atoms with Crippen LogP contribution in [-0.4, -0.2) is 23.8 Å². The van der Waals surface area contributed by atoms with Gasteiger partial charge in [0.05, 0.1) is 16.0 Å². The number of benzene rings is 1. The van der Waals surface area contributed by atoms with E-state index in [4.69, 9.17) is 9.47 Å². The van der Waals surface area contributed by atoms with Gasteiger partial charge < -0.3 is 9.47 Å². The fraction of sp³-hybridized carbons (Fsp3) is 0.0769. The maximum absolute atomic E-state index is 11.9. The predicted octanol–water partition coefficient (Wildman–Crippen LogP) is 2.15. The van der Waals surface area contributed by atoms with Crippen LogP contribution in [0.1, 0.15) is 15.2 Å². The highest BCUT2D eigenvalue weighted by molar-refractivity contribution is 7.16. The van der Waals surface area contributed by atoms with Crippen molar-refractivity contribution < 1.29 is 19.2 Å². The fourth-order valence-corrected chi connectivity index (χ4v) is 2.46. The summed E-state index contributed by atoms with van der Waals surface area (Å²) in [4.78, 5) is 22.6. The highest BCUT2D eigenvalue weighted by Gasteiger charge is 2.16. The molecule has 1 aromatic carbocycles. The van der Waals surface area contributed by atoms with Gasteiger partial charge in [-0.3, -0.25) is 14.9 Å². The Morgan fingerprint density at radius 2 is 2.14 bits per heavy atom. The first-order valence-corrected chi connectivity index (χ1v) is 6.92. The molecule has 1 amide bonds. The van der Waals surface area contributed by atoms with Crippen LogP contribution in [0, 0.1) is 10.1 Å². The number of nitro groups is 1. The van der Waals surface area contributed by atoms with Gasteiger partial charge in [0.1, 0.15) is 0 Å². The Bertz CT molecular complexity index is 771. The van der Waals surface area contributed by atoms with Crippen LogP contribution in [0.25, 0.3) is 0 Å². The van der Waals surface area contributed by atoms with E-state index in [-0.39, 0.29) is 11.8 Å². The Morgan fingerprint density at radius 3 is 2.91 bits per heavy atom. The number of nitrogens with one attached hydrogen (secondary N) is 1. The lowest BCUT2D eigenvalue weighted by molar-refractivity contribution is -0.380. The van der Waals surface area contributed by atoms with E-state index < -0.39 is 10.8 Å². The largest absolute Gasteiger partial charge is 0.454 e. The van der Waals surface area contributed by atoms with Gasteiger partial charge in [-0.05, 0) is 24.3 Å². The molecule has 1 aromatic heterocycles. The average molecular weight is 319 g/mol. The number of carbonyl (C=O) groups excluding carboxylic acids is 1. The minimum absolute atomic E-state index is 0.0172. The molecule has 0 aliphatic carbocycles. The van der Waals surface area contributed by atoms with Crippen molar-refractivity contribution >= 4 is 28.5 Å². The zero-order valence-electron chi connectivity index (χ0n) is 11.0. The first-order chi connectivity index (χ1) is 10.6. The molecule has 8 nitrogen and oxygen atoms in total. The lowest BCUT2D eigenvalue weighted by Gasteiger charge is -2.01. The van der Waals surface area contributed by atoms with Gasteiger partial charge in [-0.25, -0.2) is 5.43 Å². The number of rotatable bonds is 4. The quantitative estimate of drug-likeness (QED) is 0.528. The Balaban J connectivity index is 1.64. The SMILES string of the molecule is O=C(N/N=C\c1ccc([N+](=O)[O-])s1)c1ccc2c(c1)OCO2. The summed E-state index contributed by atoms with van der Waals surface area (Å²) in [6.45, 7) is 0.135. The number of hydrogen-bond acceptors (Lipinski definition) is 7. The van der Waals surface area contributed by atoms with Gasteiger partial charge in [-0.2, -0.15) is 5.10 Å². The van der Waals surface area contributed by atoms with Crippen LogP contribution in [0.4, 0.5) is 5.00 Å². The maximum atomic E-state index is 11.9. The molecule has 0 saturated carbocycles. The smallest absolute Gasteiger partial charge is 0.324 e. The number of amides is 1. The van der Waals surface area contributed by atoms with E-state index in [0.717, 1.165) is 11.3 Å². The van der Waals surface area contributed by atoms with Crippen molar-refractivity contribution in [3.05, 3.63) is 50.9 Å². The number of ether oxygens (including phenoxy) is 2. The van der Waals surface area contributed by atoms with Crippen LogP contribution in [0.15, 0.2) is 35.4 Å². The second kappa shape index (κ2) is 5.82. The molecule has 112 valence electrons. The minimum atomic E-state index is -0.479. The molecule has 22 heavy (non-hydrogen) atoms. The van der Waals surface area contributed by atoms with Crippen molar-refractivity contribution in [1.82, 2.24) is 5.43 Å². The average Bonchev–Trinajstić information content (AvgIpc) is 3.15. The van der Waals surface area contributed by atoms with E-state index in [0.29, 0.717) is 21.9 Å². The van der Waals surface area contributed by atoms with Crippen molar-refractivity contribution in [2.75, 3.05) is 6.79 Å². The monoisotopic (exact) mass is 319 g/mol. The lowest BCUT2D eigenvalue weighted by atomic mass is 10.2. The third-order valence-corrected chi connectivity index (χ3v) is 3.76. The lowest BCUT2D eigenvalue weighted by Crippen LogP contribution is -2.17. The molecule has 2 heterocycles. The summed E-state index contributed by atoms with van der Waals surface area (Å²) in [7, 11) is 0. The zero-order chi connectivity index (χ0) is 15.5. The topological polar surface area (TPSA) is 103 Å². The van der Waals surface area contributed by atoms with Gasteiger partial charge in [-0.1, -0.05) is 11.3 Å². The molecular weight excluding hydrogens is 310 g/mol. The van der Waals surface area contributed by atoms with E-state index in [9.17, 15) is 14.9 Å². The summed E-state index contributed by atoms with van der Waals surface area (Å²) in [6.07, 6.45) is 1.35. The normalized spacial score (nSPS) is 12.5. The molecule has 0 atom stereocenters. The standard InChI is InChI=1S/C13H9N3O5S/c17-13(8-1-3-10-11(5-8)21-7-20-10)15-14-6-9-2-4-12(22-9)16(18)19/h1-6H,7H2,(H,15,17)/b14-6-. The summed E-state index contributed by atoms with van der Waals surface area (Å²) in [5, 5.41) is 14.3. The molecule has 0 spiro atoms. The highest BCUT2D eigenvalue weighted by atomic mass is 32.1. The van der Waals surface area contributed by atoms with Gasteiger partial charge in [0.25, 0.3) is 5.91 Å². The van der Waals surface area contributed by atoms with E-state index >= 15 is 0 Å². The molecule has 0 unspecified atom stereocenters. The highest BCUT2D eigenvalue weighted by Crippen LogP contribution is 2.32. The Kier molecular flexibility index (Phi) is 3.71. The van der Waals surface area contributed by atoms with Crippen molar-refractivity contribution in [3.8, 4) is 11.5 Å². The molecule has 1 N–H and O–H groups in total. The van der Waals surface area contributed by atoms with Crippen molar-refractivity contribution in [2.24, 2.45) is 5.10 Å². The molecule has 0 saturated heterocycles. The van der Waals surface area contributed by atoms with E-state index in [2.05, 4.69) is 10.5 Å². The van der Waals surface area contributed by atoms with Gasteiger partial charge in [0.15, 0.2) is 11.5 Å². The van der Waals surface area contributed by atoms with Crippen LogP contribution in [0.5, 0.6) is 11.5 Å². The summed E-state index contributed by atoms with van der Waals surface area (Å²) < 4.78 is 10.3. The van der Waals surface area contributed by atoms with Crippen LogP contribution in [0.3, 0.4) is 0 Å². The summed E-state index contributed by atoms with van der Waals surface area (Å²) >= 11 is 0.969. The molecule has 3 rings (SSSR count). The Morgan fingerprint density at radius 1 is 1.32 bits per heavy atom. The third kappa shape index (κ3) is 2.88. The number of nitrogens with zero attached hydrogens (tertiary/aromatic N) is 2. The molecule has 0 fully saturated rings.